The first-order valence-corrected chi connectivity index (χ1v) is 10.9. The van der Waals surface area contributed by atoms with Crippen LogP contribution in [0.1, 0.15) is 40.5 Å². The summed E-state index contributed by atoms with van der Waals surface area (Å²) in [5.41, 5.74) is 0. The van der Waals surface area contributed by atoms with Crippen LogP contribution in [0.2, 0.25) is 18.1 Å². The van der Waals surface area contributed by atoms with Crippen LogP contribution >= 0.6 is 0 Å². The van der Waals surface area contributed by atoms with E-state index in [0.717, 1.165) is 0 Å². The molecule has 0 saturated carbocycles. The maximum absolute atomic E-state index is 10.7. The quantitative estimate of drug-likeness (QED) is 0.370. The number of carboxylic acid groups (broad SMARTS) is 1. The molecule has 1 N–H and O–H groups in total. The second kappa shape index (κ2) is 9.26. The van der Waals surface area contributed by atoms with E-state index >= 15 is 0 Å². The van der Waals surface area contributed by atoms with Crippen LogP contribution in [-0.4, -0.2) is 38.2 Å². The van der Waals surface area contributed by atoms with Crippen molar-refractivity contribution in [2.45, 2.75) is 70.9 Å². The molecule has 1 unspecified atom stereocenters. The monoisotopic (exact) mass is 340 g/mol. The lowest BCUT2D eigenvalue weighted by Crippen LogP contribution is -2.48. The van der Waals surface area contributed by atoms with Crippen molar-refractivity contribution in [1.29, 1.82) is 0 Å². The van der Waals surface area contributed by atoms with Gasteiger partial charge >= 0.3 is 5.97 Å². The highest BCUT2D eigenvalue weighted by Crippen LogP contribution is 2.38. The van der Waals surface area contributed by atoms with Gasteiger partial charge in [-0.2, -0.15) is 0 Å². The van der Waals surface area contributed by atoms with Crippen molar-refractivity contribution >= 4 is 14.3 Å². The van der Waals surface area contributed by atoms with Gasteiger partial charge in [-0.25, -0.2) is 0 Å². The average Bonchev–Trinajstić information content (AvgIpc) is 2.40. The largest absolute Gasteiger partial charge is 0.481 e. The molecule has 0 fully saturated rings. The van der Waals surface area contributed by atoms with Crippen LogP contribution in [0, 0.1) is 18.3 Å². The Morgan fingerprint density at radius 1 is 1.43 bits per heavy atom. The van der Waals surface area contributed by atoms with Gasteiger partial charge in [0.1, 0.15) is 0 Å². The number of ether oxygens (including phenoxy) is 1. The lowest BCUT2D eigenvalue weighted by molar-refractivity contribution is -0.139. The summed E-state index contributed by atoms with van der Waals surface area (Å²) in [4.78, 5) is 10.7. The molecule has 0 spiro atoms. The highest BCUT2D eigenvalue weighted by Gasteiger charge is 2.41. The molecule has 0 aromatic carbocycles. The maximum Gasteiger partial charge on any atom is 0.305 e. The van der Waals surface area contributed by atoms with Gasteiger partial charge in [0.05, 0.1) is 25.2 Å². The van der Waals surface area contributed by atoms with Crippen molar-refractivity contribution in [3.05, 3.63) is 12.7 Å². The maximum atomic E-state index is 10.7. The molecule has 0 aromatic heterocycles. The molecular weight excluding hydrogens is 308 g/mol. The first-order chi connectivity index (χ1) is 10.5. The predicted molar refractivity (Wildman–Crippen MR) is 96.9 cm³/mol. The summed E-state index contributed by atoms with van der Waals surface area (Å²) in [7, 11) is -2.00. The van der Waals surface area contributed by atoms with Gasteiger partial charge in [0.15, 0.2) is 8.32 Å². The molecule has 0 aliphatic rings. The van der Waals surface area contributed by atoms with E-state index in [2.05, 4.69) is 46.4 Å². The summed E-state index contributed by atoms with van der Waals surface area (Å²) in [6, 6.07) is 0. The fraction of sp³-hybridized carbons (Fsp3) is 0.722. The van der Waals surface area contributed by atoms with E-state index in [9.17, 15) is 4.79 Å². The Morgan fingerprint density at radius 3 is 2.39 bits per heavy atom. The van der Waals surface area contributed by atoms with Gasteiger partial charge in [0.25, 0.3) is 0 Å². The molecule has 0 aliphatic carbocycles. The second-order valence-corrected chi connectivity index (χ2v) is 12.2. The Kier molecular flexibility index (Phi) is 8.82. The molecular formula is C18H32O4Si. The highest BCUT2D eigenvalue weighted by atomic mass is 28.4. The molecule has 0 aromatic rings. The first kappa shape index (κ1) is 21.9. The van der Waals surface area contributed by atoms with E-state index in [1.54, 1.807) is 6.08 Å². The SMILES string of the molecule is C#CC[C@@H](C)[C@H](OCCC(=O)O)C(C=C)O[Si](C)(C)C(C)(C)C. The van der Waals surface area contributed by atoms with Gasteiger partial charge in [-0.15, -0.1) is 18.9 Å². The van der Waals surface area contributed by atoms with Crippen LogP contribution in [0.5, 0.6) is 0 Å². The zero-order valence-electron chi connectivity index (χ0n) is 15.4. The summed E-state index contributed by atoms with van der Waals surface area (Å²) >= 11 is 0. The predicted octanol–water partition coefficient (Wildman–Crippen LogP) is 4.08. The van der Waals surface area contributed by atoms with Gasteiger partial charge in [-0.05, 0) is 24.1 Å². The van der Waals surface area contributed by atoms with Crippen LogP contribution in [-0.2, 0) is 14.0 Å². The summed E-state index contributed by atoms with van der Waals surface area (Å²) in [5.74, 6) is 1.82. The van der Waals surface area contributed by atoms with E-state index in [-0.39, 0.29) is 36.2 Å². The van der Waals surface area contributed by atoms with Crippen molar-refractivity contribution in [3.8, 4) is 12.3 Å². The Bertz CT molecular complexity index is 431. The average molecular weight is 341 g/mol. The van der Waals surface area contributed by atoms with Crippen molar-refractivity contribution < 1.29 is 19.1 Å². The molecule has 3 atom stereocenters. The lowest BCUT2D eigenvalue weighted by atomic mass is 9.96. The van der Waals surface area contributed by atoms with E-state index in [1.807, 2.05) is 6.92 Å². The number of carbonyl (C=O) groups is 1. The number of rotatable bonds is 10. The third kappa shape index (κ3) is 7.34. The number of hydrogen-bond acceptors (Lipinski definition) is 3. The van der Waals surface area contributed by atoms with Crippen LogP contribution in [0.4, 0.5) is 0 Å². The minimum Gasteiger partial charge on any atom is -0.481 e. The van der Waals surface area contributed by atoms with E-state index < -0.39 is 14.3 Å². The normalized spacial score (nSPS) is 16.2. The van der Waals surface area contributed by atoms with Crippen LogP contribution in [0.25, 0.3) is 0 Å². The van der Waals surface area contributed by atoms with Crippen molar-refractivity contribution in [2.75, 3.05) is 6.61 Å². The van der Waals surface area contributed by atoms with Crippen molar-refractivity contribution in [2.24, 2.45) is 5.92 Å². The summed E-state index contributed by atoms with van der Waals surface area (Å²) in [5, 5.41) is 8.87. The fourth-order valence-corrected chi connectivity index (χ4v) is 3.20. The van der Waals surface area contributed by atoms with Gasteiger partial charge in [-0.1, -0.05) is 33.8 Å². The Balaban J connectivity index is 5.18. The zero-order chi connectivity index (χ0) is 18.3. The number of terminal acetylenes is 1. The van der Waals surface area contributed by atoms with Gasteiger partial charge < -0.3 is 14.3 Å². The molecule has 4 nitrogen and oxygen atoms in total. The Labute approximate surface area is 142 Å². The molecule has 0 heterocycles. The minimum absolute atomic E-state index is 0.0385. The minimum atomic E-state index is -2.00. The number of carboxylic acids is 1. The standard InChI is InChI=1S/C18H32O4Si/c1-9-11-14(3)17(21-13-12-16(19)20)15(10-2)22-23(7,8)18(4,5)6/h1,10,14-15,17H,2,11-13H2,3-8H3,(H,19,20)/t14-,15?,17+/m1/s1. The molecule has 0 aliphatic heterocycles. The molecule has 0 saturated heterocycles. The summed E-state index contributed by atoms with van der Waals surface area (Å²) in [6.45, 7) is 16.9. The molecule has 5 heteroatoms. The van der Waals surface area contributed by atoms with Crippen LogP contribution < -0.4 is 0 Å². The molecule has 0 bridgehead atoms. The van der Waals surface area contributed by atoms with Crippen molar-refractivity contribution in [3.63, 3.8) is 0 Å². The highest BCUT2D eigenvalue weighted by molar-refractivity contribution is 6.74. The number of hydrogen-bond donors (Lipinski definition) is 1. The second-order valence-electron chi connectivity index (χ2n) is 7.44. The van der Waals surface area contributed by atoms with Crippen LogP contribution in [0.15, 0.2) is 12.7 Å². The van der Waals surface area contributed by atoms with Gasteiger partial charge in [0, 0.05) is 6.42 Å². The van der Waals surface area contributed by atoms with Gasteiger partial charge in [0.2, 0.25) is 0 Å². The summed E-state index contributed by atoms with van der Waals surface area (Å²) < 4.78 is 12.2. The van der Waals surface area contributed by atoms with Crippen LogP contribution in [0.3, 0.4) is 0 Å². The molecule has 132 valence electrons. The Morgan fingerprint density at radius 2 is 2.00 bits per heavy atom. The fourth-order valence-electron chi connectivity index (χ4n) is 1.93. The van der Waals surface area contributed by atoms with E-state index in [0.29, 0.717) is 6.42 Å². The van der Waals surface area contributed by atoms with Crippen molar-refractivity contribution in [1.82, 2.24) is 0 Å². The lowest BCUT2D eigenvalue weighted by Gasteiger charge is -2.41. The van der Waals surface area contributed by atoms with E-state index in [1.165, 1.54) is 0 Å². The number of aliphatic carboxylic acids is 1. The molecule has 0 radical (unpaired) electrons. The smallest absolute Gasteiger partial charge is 0.305 e. The Hall–Kier alpha value is -1.09. The molecule has 0 rings (SSSR count). The van der Waals surface area contributed by atoms with E-state index in [4.69, 9.17) is 20.7 Å². The molecule has 23 heavy (non-hydrogen) atoms. The third-order valence-electron chi connectivity index (χ3n) is 4.42. The van der Waals surface area contributed by atoms with Gasteiger partial charge in [-0.3, -0.25) is 4.79 Å². The summed E-state index contributed by atoms with van der Waals surface area (Å²) in [6.07, 6.45) is 7.09. The first-order valence-electron chi connectivity index (χ1n) is 8.03. The third-order valence-corrected chi connectivity index (χ3v) is 8.89. The molecule has 0 amide bonds. The topological polar surface area (TPSA) is 55.8 Å². The zero-order valence-corrected chi connectivity index (χ0v) is 16.4.